The number of para-hydroxylation sites is 1. The van der Waals surface area contributed by atoms with E-state index in [1.54, 1.807) is 12.1 Å². The fraction of sp³-hybridized carbons (Fsp3) is 0.250. The number of benzene rings is 1. The van der Waals surface area contributed by atoms with E-state index in [2.05, 4.69) is 17.1 Å². The molecule has 0 spiro atoms. The van der Waals surface area contributed by atoms with Gasteiger partial charge in [-0.1, -0.05) is 24.3 Å². The molecule has 1 aliphatic rings. The van der Waals surface area contributed by atoms with Gasteiger partial charge in [0.25, 0.3) is 0 Å². The summed E-state index contributed by atoms with van der Waals surface area (Å²) >= 11 is 0. The van der Waals surface area contributed by atoms with Crippen LogP contribution in [0.2, 0.25) is 0 Å². The van der Waals surface area contributed by atoms with Gasteiger partial charge in [-0.3, -0.25) is 0 Å². The van der Waals surface area contributed by atoms with Crippen molar-refractivity contribution in [1.82, 2.24) is 0 Å². The zero-order valence-electron chi connectivity index (χ0n) is 8.60. The van der Waals surface area contributed by atoms with Gasteiger partial charge in [0, 0.05) is 13.1 Å². The van der Waals surface area contributed by atoms with Crippen LogP contribution in [0, 0.1) is 6.92 Å². The predicted molar refractivity (Wildman–Crippen MR) is 59.5 cm³/mol. The van der Waals surface area contributed by atoms with Crippen molar-refractivity contribution in [2.24, 2.45) is 0 Å². The largest absolute Gasteiger partial charge is 0.478 e. The van der Waals surface area contributed by atoms with Crippen LogP contribution in [0.5, 0.6) is 0 Å². The molecule has 0 unspecified atom stereocenters. The molecule has 0 fully saturated rings. The van der Waals surface area contributed by atoms with Crippen LogP contribution in [0.25, 0.3) is 0 Å². The molecular formula is C12H13NO2. The minimum Gasteiger partial charge on any atom is -0.478 e. The van der Waals surface area contributed by atoms with E-state index in [9.17, 15) is 4.79 Å². The average Bonchev–Trinajstić information content (AvgIpc) is 2.70. The molecule has 0 radical (unpaired) electrons. The van der Waals surface area contributed by atoms with Gasteiger partial charge in [0.2, 0.25) is 0 Å². The van der Waals surface area contributed by atoms with E-state index in [1.165, 1.54) is 0 Å². The van der Waals surface area contributed by atoms with Crippen molar-refractivity contribution in [2.45, 2.75) is 6.92 Å². The first kappa shape index (κ1) is 9.77. The van der Waals surface area contributed by atoms with Crippen LogP contribution in [0.15, 0.2) is 30.4 Å². The number of carbonyl (C=O) groups is 1. The predicted octanol–water partition coefficient (Wildman–Crippen LogP) is 2.07. The monoisotopic (exact) mass is 203 g/mol. The van der Waals surface area contributed by atoms with Gasteiger partial charge in [-0.25, -0.2) is 4.79 Å². The summed E-state index contributed by atoms with van der Waals surface area (Å²) < 4.78 is 0. The lowest BCUT2D eigenvalue weighted by atomic mass is 10.1. The van der Waals surface area contributed by atoms with Gasteiger partial charge in [-0.15, -0.1) is 0 Å². The molecule has 3 heteroatoms. The lowest BCUT2D eigenvalue weighted by Crippen LogP contribution is -2.22. The van der Waals surface area contributed by atoms with E-state index in [-0.39, 0.29) is 0 Å². The van der Waals surface area contributed by atoms with E-state index in [0.717, 1.165) is 24.3 Å². The second-order valence-electron chi connectivity index (χ2n) is 3.65. The molecule has 0 amide bonds. The Morgan fingerprint density at radius 1 is 1.33 bits per heavy atom. The fourth-order valence-electron chi connectivity index (χ4n) is 1.91. The van der Waals surface area contributed by atoms with Crippen molar-refractivity contribution < 1.29 is 9.90 Å². The molecule has 1 heterocycles. The number of carboxylic acids is 1. The fourth-order valence-corrected chi connectivity index (χ4v) is 1.91. The smallest absolute Gasteiger partial charge is 0.337 e. The molecule has 3 nitrogen and oxygen atoms in total. The zero-order chi connectivity index (χ0) is 10.8. The van der Waals surface area contributed by atoms with Gasteiger partial charge < -0.3 is 10.0 Å². The van der Waals surface area contributed by atoms with Crippen molar-refractivity contribution in [1.29, 1.82) is 0 Å². The highest BCUT2D eigenvalue weighted by Crippen LogP contribution is 2.26. The van der Waals surface area contributed by atoms with Crippen molar-refractivity contribution >= 4 is 11.7 Å². The summed E-state index contributed by atoms with van der Waals surface area (Å²) in [5, 5.41) is 9.10. The van der Waals surface area contributed by atoms with Crippen LogP contribution < -0.4 is 4.90 Å². The normalized spacial score (nSPS) is 14.6. The maximum absolute atomic E-state index is 11.1. The Bertz CT molecular complexity index is 416. The average molecular weight is 203 g/mol. The molecule has 0 aromatic heterocycles. The Morgan fingerprint density at radius 3 is 2.60 bits per heavy atom. The first-order valence-corrected chi connectivity index (χ1v) is 4.93. The van der Waals surface area contributed by atoms with Crippen LogP contribution >= 0.6 is 0 Å². The van der Waals surface area contributed by atoms with E-state index in [4.69, 9.17) is 5.11 Å². The number of aromatic carboxylic acids is 1. The standard InChI is InChI=1S/C12H13NO2/c1-9-5-4-6-10(12(14)15)11(9)13-7-2-3-8-13/h2-6H,7-8H2,1H3,(H,14,15). The summed E-state index contributed by atoms with van der Waals surface area (Å²) in [4.78, 5) is 13.2. The topological polar surface area (TPSA) is 40.5 Å². The molecule has 0 aliphatic carbocycles. The number of aryl methyl sites for hydroxylation is 1. The van der Waals surface area contributed by atoms with Gasteiger partial charge in [0.1, 0.15) is 0 Å². The van der Waals surface area contributed by atoms with Crippen LogP contribution in [-0.2, 0) is 0 Å². The van der Waals surface area contributed by atoms with Crippen LogP contribution in [0.3, 0.4) is 0 Å². The molecule has 78 valence electrons. The molecule has 0 atom stereocenters. The zero-order valence-corrected chi connectivity index (χ0v) is 8.60. The van der Waals surface area contributed by atoms with Crippen molar-refractivity contribution in [3.05, 3.63) is 41.5 Å². The van der Waals surface area contributed by atoms with Crippen molar-refractivity contribution in [3.63, 3.8) is 0 Å². The second kappa shape index (κ2) is 3.77. The lowest BCUT2D eigenvalue weighted by molar-refractivity contribution is 0.0697. The first-order chi connectivity index (χ1) is 7.20. The number of rotatable bonds is 2. The Hall–Kier alpha value is -1.77. The van der Waals surface area contributed by atoms with Crippen LogP contribution in [0.4, 0.5) is 5.69 Å². The highest BCUT2D eigenvalue weighted by molar-refractivity contribution is 5.95. The Balaban J connectivity index is 2.47. The van der Waals surface area contributed by atoms with E-state index >= 15 is 0 Å². The molecule has 0 saturated heterocycles. The molecule has 0 bridgehead atoms. The third-order valence-corrected chi connectivity index (χ3v) is 2.60. The molecule has 1 aromatic carbocycles. The summed E-state index contributed by atoms with van der Waals surface area (Å²) in [6.07, 6.45) is 4.11. The van der Waals surface area contributed by atoms with E-state index in [0.29, 0.717) is 5.56 Å². The van der Waals surface area contributed by atoms with Crippen molar-refractivity contribution in [3.8, 4) is 0 Å². The summed E-state index contributed by atoms with van der Waals surface area (Å²) in [5.41, 5.74) is 2.24. The van der Waals surface area contributed by atoms with Crippen LogP contribution in [-0.4, -0.2) is 24.2 Å². The summed E-state index contributed by atoms with van der Waals surface area (Å²) in [7, 11) is 0. The molecule has 0 saturated carbocycles. The van der Waals surface area contributed by atoms with E-state index in [1.807, 2.05) is 13.0 Å². The molecule has 2 rings (SSSR count). The number of carboxylic acid groups (broad SMARTS) is 1. The minimum absolute atomic E-state index is 0.388. The minimum atomic E-state index is -0.861. The maximum atomic E-state index is 11.1. The molecule has 1 aliphatic heterocycles. The second-order valence-corrected chi connectivity index (χ2v) is 3.65. The van der Waals surface area contributed by atoms with Gasteiger partial charge in [-0.05, 0) is 18.6 Å². The highest BCUT2D eigenvalue weighted by Gasteiger charge is 2.18. The van der Waals surface area contributed by atoms with Crippen molar-refractivity contribution in [2.75, 3.05) is 18.0 Å². The molecule has 15 heavy (non-hydrogen) atoms. The summed E-state index contributed by atoms with van der Waals surface area (Å²) in [5.74, 6) is -0.861. The third kappa shape index (κ3) is 1.73. The van der Waals surface area contributed by atoms with Gasteiger partial charge in [-0.2, -0.15) is 0 Å². The van der Waals surface area contributed by atoms with Gasteiger partial charge >= 0.3 is 5.97 Å². The number of anilines is 1. The number of nitrogens with zero attached hydrogens (tertiary/aromatic N) is 1. The molecule has 1 aromatic rings. The maximum Gasteiger partial charge on any atom is 0.337 e. The lowest BCUT2D eigenvalue weighted by Gasteiger charge is -2.22. The number of hydrogen-bond donors (Lipinski definition) is 1. The van der Waals surface area contributed by atoms with Gasteiger partial charge in [0.05, 0.1) is 11.3 Å². The molecular weight excluding hydrogens is 190 g/mol. The quantitative estimate of drug-likeness (QED) is 0.748. The third-order valence-electron chi connectivity index (χ3n) is 2.60. The Kier molecular flexibility index (Phi) is 2.46. The SMILES string of the molecule is Cc1cccc(C(=O)O)c1N1CC=CC1. The molecule has 1 N–H and O–H groups in total. The first-order valence-electron chi connectivity index (χ1n) is 4.93. The summed E-state index contributed by atoms with van der Waals surface area (Å²) in [6, 6.07) is 5.38. The number of hydrogen-bond acceptors (Lipinski definition) is 2. The van der Waals surface area contributed by atoms with Crippen LogP contribution in [0.1, 0.15) is 15.9 Å². The van der Waals surface area contributed by atoms with Gasteiger partial charge in [0.15, 0.2) is 0 Å². The Labute approximate surface area is 88.6 Å². The highest BCUT2D eigenvalue weighted by atomic mass is 16.4. The Morgan fingerprint density at radius 2 is 2.00 bits per heavy atom. The van der Waals surface area contributed by atoms with E-state index < -0.39 is 5.97 Å². The summed E-state index contributed by atoms with van der Waals surface area (Å²) in [6.45, 7) is 3.54.